The van der Waals surface area contributed by atoms with Crippen molar-refractivity contribution < 1.29 is 9.21 Å². The van der Waals surface area contributed by atoms with Gasteiger partial charge in [0.05, 0.1) is 28.6 Å². The molecule has 4 aromatic rings. The summed E-state index contributed by atoms with van der Waals surface area (Å²) in [4.78, 5) is 17.8. The molecule has 1 aromatic carbocycles. The molecule has 6 nitrogen and oxygen atoms in total. The molecule has 148 valence electrons. The zero-order chi connectivity index (χ0) is 20.4. The second-order valence-corrected chi connectivity index (χ2v) is 7.34. The predicted octanol–water partition coefficient (Wildman–Crippen LogP) is 4.38. The van der Waals surface area contributed by atoms with Gasteiger partial charge in [-0.25, -0.2) is 9.67 Å². The van der Waals surface area contributed by atoms with E-state index in [9.17, 15) is 4.79 Å². The Morgan fingerprint density at radius 1 is 1.17 bits per heavy atom. The van der Waals surface area contributed by atoms with Crippen LogP contribution in [0.15, 0.2) is 59.2 Å². The van der Waals surface area contributed by atoms with Gasteiger partial charge in [-0.15, -0.1) is 0 Å². The van der Waals surface area contributed by atoms with Gasteiger partial charge in [-0.2, -0.15) is 5.10 Å². The molecule has 0 unspecified atom stereocenters. The second kappa shape index (κ2) is 7.91. The molecule has 0 fully saturated rings. The van der Waals surface area contributed by atoms with E-state index in [4.69, 9.17) is 4.42 Å². The first-order valence-electron chi connectivity index (χ1n) is 9.78. The normalized spacial score (nSPS) is 12.2. The van der Waals surface area contributed by atoms with Gasteiger partial charge in [0, 0.05) is 18.2 Å². The molecule has 6 heteroatoms. The molecular formula is C23H24N4O2. The fraction of sp³-hybridized carbons (Fsp3) is 0.261. The summed E-state index contributed by atoms with van der Waals surface area (Å²) >= 11 is 0. The van der Waals surface area contributed by atoms with E-state index in [0.717, 1.165) is 41.1 Å². The highest BCUT2D eigenvalue weighted by Gasteiger charge is 2.20. The van der Waals surface area contributed by atoms with E-state index < -0.39 is 0 Å². The first-order valence-corrected chi connectivity index (χ1v) is 9.78. The molecule has 0 saturated heterocycles. The SMILES string of the molecule is Cc1cc(C(=O)N[C@H](C)CCc2ccco2)c2c(C)nn(-c3ccccc3)c2n1. The summed E-state index contributed by atoms with van der Waals surface area (Å²) in [5.74, 6) is 0.816. The molecular weight excluding hydrogens is 364 g/mol. The Balaban J connectivity index is 1.63. The fourth-order valence-electron chi connectivity index (χ4n) is 3.53. The molecule has 1 N–H and O–H groups in total. The van der Waals surface area contributed by atoms with Crippen molar-refractivity contribution >= 4 is 16.9 Å². The van der Waals surface area contributed by atoms with E-state index in [1.165, 1.54) is 0 Å². The molecule has 29 heavy (non-hydrogen) atoms. The Bertz CT molecular complexity index is 1130. The molecule has 0 radical (unpaired) electrons. The van der Waals surface area contributed by atoms with Crippen LogP contribution in [0.5, 0.6) is 0 Å². The number of benzene rings is 1. The maximum absolute atomic E-state index is 13.1. The minimum absolute atomic E-state index is 0.0144. The number of carbonyl (C=O) groups excluding carboxylic acids is 1. The number of hydrogen-bond donors (Lipinski definition) is 1. The van der Waals surface area contributed by atoms with Crippen LogP contribution in [-0.4, -0.2) is 26.7 Å². The van der Waals surface area contributed by atoms with Gasteiger partial charge >= 0.3 is 0 Å². The largest absolute Gasteiger partial charge is 0.469 e. The number of para-hydroxylation sites is 1. The van der Waals surface area contributed by atoms with Crippen LogP contribution in [0.4, 0.5) is 0 Å². The van der Waals surface area contributed by atoms with E-state index in [1.807, 2.05) is 69.3 Å². The van der Waals surface area contributed by atoms with Crippen LogP contribution < -0.4 is 5.32 Å². The topological polar surface area (TPSA) is 73.0 Å². The summed E-state index contributed by atoms with van der Waals surface area (Å²) in [6.45, 7) is 5.82. The van der Waals surface area contributed by atoms with Gasteiger partial charge in [0.25, 0.3) is 5.91 Å². The van der Waals surface area contributed by atoms with Crippen molar-refractivity contribution in [2.45, 2.75) is 39.7 Å². The van der Waals surface area contributed by atoms with Crippen LogP contribution in [0.25, 0.3) is 16.7 Å². The Kier molecular flexibility index (Phi) is 5.16. The number of nitrogens with one attached hydrogen (secondary N) is 1. The first kappa shape index (κ1) is 18.9. The number of furan rings is 1. The summed E-state index contributed by atoms with van der Waals surface area (Å²) in [7, 11) is 0. The number of amides is 1. The lowest BCUT2D eigenvalue weighted by molar-refractivity contribution is 0.0939. The minimum Gasteiger partial charge on any atom is -0.469 e. The fourth-order valence-corrected chi connectivity index (χ4v) is 3.53. The summed E-state index contributed by atoms with van der Waals surface area (Å²) in [6, 6.07) is 15.5. The van der Waals surface area contributed by atoms with Gasteiger partial charge < -0.3 is 9.73 Å². The van der Waals surface area contributed by atoms with Crippen LogP contribution in [0.2, 0.25) is 0 Å². The van der Waals surface area contributed by atoms with E-state index >= 15 is 0 Å². The highest BCUT2D eigenvalue weighted by molar-refractivity contribution is 6.06. The highest BCUT2D eigenvalue weighted by atomic mass is 16.3. The van der Waals surface area contributed by atoms with Crippen molar-refractivity contribution in [1.29, 1.82) is 0 Å². The molecule has 4 rings (SSSR count). The van der Waals surface area contributed by atoms with Crippen molar-refractivity contribution in [2.24, 2.45) is 0 Å². The van der Waals surface area contributed by atoms with Crippen LogP contribution in [0.1, 0.15) is 40.9 Å². The van der Waals surface area contributed by atoms with Gasteiger partial charge in [0.1, 0.15) is 5.76 Å². The van der Waals surface area contributed by atoms with Crippen LogP contribution in [0.3, 0.4) is 0 Å². The maximum atomic E-state index is 13.1. The van der Waals surface area contributed by atoms with Crippen molar-refractivity contribution in [3.8, 4) is 5.69 Å². The average Bonchev–Trinajstić information content (AvgIpc) is 3.34. The van der Waals surface area contributed by atoms with Gasteiger partial charge in [-0.1, -0.05) is 18.2 Å². The number of carbonyl (C=O) groups is 1. The van der Waals surface area contributed by atoms with Crippen molar-refractivity contribution in [1.82, 2.24) is 20.1 Å². The lowest BCUT2D eigenvalue weighted by Crippen LogP contribution is -2.33. The van der Waals surface area contributed by atoms with Crippen molar-refractivity contribution in [3.63, 3.8) is 0 Å². The third-order valence-corrected chi connectivity index (χ3v) is 4.97. The van der Waals surface area contributed by atoms with E-state index in [0.29, 0.717) is 11.2 Å². The smallest absolute Gasteiger partial charge is 0.252 e. The van der Waals surface area contributed by atoms with E-state index in [1.54, 1.807) is 10.9 Å². The molecule has 0 aliphatic heterocycles. The van der Waals surface area contributed by atoms with E-state index in [2.05, 4.69) is 15.4 Å². The summed E-state index contributed by atoms with van der Waals surface area (Å²) in [5, 5.41) is 8.55. The standard InChI is InChI=1S/C23H24N4O2/c1-15(11-12-19-10-7-13-29-19)25-23(28)20-14-16(2)24-22-21(20)17(3)26-27(22)18-8-5-4-6-9-18/h4-10,13-15H,11-12H2,1-3H3,(H,25,28)/t15-/m1/s1. The van der Waals surface area contributed by atoms with Gasteiger partial charge in [0.2, 0.25) is 0 Å². The highest BCUT2D eigenvalue weighted by Crippen LogP contribution is 2.25. The molecule has 0 bridgehead atoms. The second-order valence-electron chi connectivity index (χ2n) is 7.34. The van der Waals surface area contributed by atoms with Gasteiger partial charge in [-0.05, 0) is 57.5 Å². The summed E-state index contributed by atoms with van der Waals surface area (Å²) in [5.41, 5.74) is 3.79. The number of aromatic nitrogens is 3. The maximum Gasteiger partial charge on any atom is 0.252 e. The van der Waals surface area contributed by atoms with Gasteiger partial charge in [0.15, 0.2) is 5.65 Å². The summed E-state index contributed by atoms with van der Waals surface area (Å²) in [6.07, 6.45) is 3.25. The lowest BCUT2D eigenvalue weighted by atomic mass is 10.1. The number of fused-ring (bicyclic) bond motifs is 1. The molecule has 0 aliphatic rings. The molecule has 3 aromatic heterocycles. The Morgan fingerprint density at radius 3 is 2.69 bits per heavy atom. The lowest BCUT2D eigenvalue weighted by Gasteiger charge is -2.14. The average molecular weight is 388 g/mol. The van der Waals surface area contributed by atoms with E-state index in [-0.39, 0.29) is 11.9 Å². The molecule has 0 aliphatic carbocycles. The molecule has 0 spiro atoms. The van der Waals surface area contributed by atoms with Crippen LogP contribution in [0, 0.1) is 13.8 Å². The summed E-state index contributed by atoms with van der Waals surface area (Å²) < 4.78 is 7.18. The third kappa shape index (κ3) is 3.92. The molecule has 1 amide bonds. The van der Waals surface area contributed by atoms with Crippen LogP contribution >= 0.6 is 0 Å². The number of hydrogen-bond acceptors (Lipinski definition) is 4. The number of pyridine rings is 1. The Morgan fingerprint density at radius 2 is 1.97 bits per heavy atom. The minimum atomic E-state index is -0.108. The molecule has 3 heterocycles. The van der Waals surface area contributed by atoms with Crippen molar-refractivity contribution in [2.75, 3.05) is 0 Å². The molecule has 0 saturated carbocycles. The zero-order valence-electron chi connectivity index (χ0n) is 16.8. The van der Waals surface area contributed by atoms with Crippen molar-refractivity contribution in [3.05, 3.63) is 77.5 Å². The monoisotopic (exact) mass is 388 g/mol. The third-order valence-electron chi connectivity index (χ3n) is 4.97. The number of nitrogens with zero attached hydrogens (tertiary/aromatic N) is 3. The Labute approximate surface area is 169 Å². The van der Waals surface area contributed by atoms with Crippen LogP contribution in [-0.2, 0) is 6.42 Å². The first-order chi connectivity index (χ1) is 14.0. The molecule has 1 atom stereocenters. The quantitative estimate of drug-likeness (QED) is 0.532. The Hall–Kier alpha value is -3.41. The number of aryl methyl sites for hydroxylation is 3. The predicted molar refractivity (Wildman–Crippen MR) is 112 cm³/mol. The van der Waals surface area contributed by atoms with Gasteiger partial charge in [-0.3, -0.25) is 4.79 Å². The zero-order valence-corrected chi connectivity index (χ0v) is 16.8. The number of rotatable bonds is 6.